The summed E-state index contributed by atoms with van der Waals surface area (Å²) in [5, 5.41) is 7.07. The Kier molecular flexibility index (Phi) is 4.36. The molecule has 1 aromatic rings. The van der Waals surface area contributed by atoms with E-state index in [1.807, 2.05) is 13.2 Å². The normalized spacial score (nSPS) is 23.9. The van der Waals surface area contributed by atoms with Crippen molar-refractivity contribution in [3.8, 4) is 0 Å². The molecule has 1 saturated carbocycles. The fraction of sp³-hybridized carbons (Fsp3) is 0.692. The molecule has 1 amide bonds. The van der Waals surface area contributed by atoms with Gasteiger partial charge in [-0.15, -0.1) is 0 Å². The smallest absolute Gasteiger partial charge is 0.223 e. The quantitative estimate of drug-likeness (QED) is 0.830. The fourth-order valence-corrected chi connectivity index (χ4v) is 2.56. The number of hydrogen-bond acceptors (Lipinski definition) is 3. The number of carbonyl (C=O) groups excluding carboxylic acids is 1. The van der Waals surface area contributed by atoms with E-state index in [0.717, 1.165) is 37.8 Å². The Morgan fingerprint density at radius 1 is 1.50 bits per heavy atom. The van der Waals surface area contributed by atoms with Crippen LogP contribution in [0, 0.1) is 11.8 Å². The molecule has 1 heterocycles. The highest BCUT2D eigenvalue weighted by Crippen LogP contribution is 2.28. The molecule has 2 rings (SSSR count). The molecular formula is C13H22N4O. The summed E-state index contributed by atoms with van der Waals surface area (Å²) in [6, 6.07) is 0. The van der Waals surface area contributed by atoms with Gasteiger partial charge in [0.1, 0.15) is 0 Å². The van der Waals surface area contributed by atoms with Gasteiger partial charge in [0.25, 0.3) is 0 Å². The molecule has 0 unspecified atom stereocenters. The lowest BCUT2D eigenvalue weighted by molar-refractivity contribution is -0.126. The van der Waals surface area contributed by atoms with Gasteiger partial charge in [-0.05, 0) is 38.1 Å². The molecule has 0 radical (unpaired) electrons. The molecule has 0 aromatic carbocycles. The predicted octanol–water partition coefficient (Wildman–Crippen LogP) is 0.801. The number of rotatable bonds is 4. The van der Waals surface area contributed by atoms with Gasteiger partial charge in [0.05, 0.1) is 6.20 Å². The predicted molar refractivity (Wildman–Crippen MR) is 69.6 cm³/mol. The molecule has 1 aliphatic rings. The molecular weight excluding hydrogens is 228 g/mol. The molecule has 0 atom stereocenters. The van der Waals surface area contributed by atoms with Crippen molar-refractivity contribution < 1.29 is 4.79 Å². The topological polar surface area (TPSA) is 72.9 Å². The highest BCUT2D eigenvalue weighted by atomic mass is 16.1. The zero-order valence-electron chi connectivity index (χ0n) is 10.9. The van der Waals surface area contributed by atoms with Crippen LogP contribution < -0.4 is 11.1 Å². The molecule has 0 spiro atoms. The van der Waals surface area contributed by atoms with Crippen molar-refractivity contribution in [1.82, 2.24) is 15.1 Å². The SMILES string of the molecule is Cn1cc(CNC(=O)C2CCC(CN)CC2)cn1. The number of nitrogens with zero attached hydrogens (tertiary/aromatic N) is 2. The van der Waals surface area contributed by atoms with Crippen molar-refractivity contribution >= 4 is 5.91 Å². The fourth-order valence-electron chi connectivity index (χ4n) is 2.56. The van der Waals surface area contributed by atoms with Crippen molar-refractivity contribution in [2.24, 2.45) is 24.6 Å². The van der Waals surface area contributed by atoms with Crippen molar-refractivity contribution in [1.29, 1.82) is 0 Å². The van der Waals surface area contributed by atoms with Crippen LogP contribution in [0.5, 0.6) is 0 Å². The van der Waals surface area contributed by atoms with Crippen LogP contribution in [-0.4, -0.2) is 22.2 Å². The Bertz CT molecular complexity index is 393. The van der Waals surface area contributed by atoms with Crippen LogP contribution in [0.25, 0.3) is 0 Å². The highest BCUT2D eigenvalue weighted by molar-refractivity contribution is 5.78. The van der Waals surface area contributed by atoms with Gasteiger partial charge in [-0.2, -0.15) is 5.10 Å². The minimum absolute atomic E-state index is 0.171. The molecule has 1 aromatic heterocycles. The summed E-state index contributed by atoms with van der Waals surface area (Å²) in [5.74, 6) is 0.964. The van der Waals surface area contributed by atoms with Crippen molar-refractivity contribution in [3.05, 3.63) is 18.0 Å². The second-order valence-electron chi connectivity index (χ2n) is 5.19. The van der Waals surface area contributed by atoms with Crippen molar-refractivity contribution in [2.75, 3.05) is 6.54 Å². The van der Waals surface area contributed by atoms with Gasteiger partial charge in [-0.1, -0.05) is 0 Å². The molecule has 1 fully saturated rings. The average molecular weight is 250 g/mol. The first-order valence-electron chi connectivity index (χ1n) is 6.64. The van der Waals surface area contributed by atoms with Gasteiger partial charge < -0.3 is 11.1 Å². The second kappa shape index (κ2) is 6.00. The Labute approximate surface area is 108 Å². The van der Waals surface area contributed by atoms with Crippen LogP contribution in [-0.2, 0) is 18.4 Å². The van der Waals surface area contributed by atoms with Crippen molar-refractivity contribution in [3.63, 3.8) is 0 Å². The molecule has 5 heteroatoms. The highest BCUT2D eigenvalue weighted by Gasteiger charge is 2.25. The maximum Gasteiger partial charge on any atom is 0.223 e. The van der Waals surface area contributed by atoms with Gasteiger partial charge in [0.15, 0.2) is 0 Å². The molecule has 0 saturated heterocycles. The summed E-state index contributed by atoms with van der Waals surface area (Å²) in [6.45, 7) is 1.33. The van der Waals surface area contributed by atoms with E-state index in [2.05, 4.69) is 10.4 Å². The third-order valence-electron chi connectivity index (χ3n) is 3.78. The monoisotopic (exact) mass is 250 g/mol. The number of amides is 1. The summed E-state index contributed by atoms with van der Waals surface area (Å²) in [4.78, 5) is 12.0. The lowest BCUT2D eigenvalue weighted by atomic mass is 9.81. The number of nitrogens with one attached hydrogen (secondary N) is 1. The molecule has 5 nitrogen and oxygen atoms in total. The average Bonchev–Trinajstić information content (AvgIpc) is 2.82. The van der Waals surface area contributed by atoms with Gasteiger partial charge >= 0.3 is 0 Å². The number of aromatic nitrogens is 2. The van der Waals surface area contributed by atoms with Gasteiger partial charge in [-0.25, -0.2) is 0 Å². The van der Waals surface area contributed by atoms with E-state index in [0.29, 0.717) is 12.5 Å². The van der Waals surface area contributed by atoms with Crippen LogP contribution >= 0.6 is 0 Å². The van der Waals surface area contributed by atoms with Gasteiger partial charge in [0.2, 0.25) is 5.91 Å². The Morgan fingerprint density at radius 2 is 2.22 bits per heavy atom. The summed E-state index contributed by atoms with van der Waals surface area (Å²) in [7, 11) is 1.87. The minimum atomic E-state index is 0.171. The number of nitrogens with two attached hydrogens (primary N) is 1. The summed E-state index contributed by atoms with van der Waals surface area (Å²) in [6.07, 6.45) is 7.82. The summed E-state index contributed by atoms with van der Waals surface area (Å²) >= 11 is 0. The first kappa shape index (κ1) is 13.1. The van der Waals surface area contributed by atoms with E-state index >= 15 is 0 Å². The van der Waals surface area contributed by atoms with Crippen LogP contribution in [0.1, 0.15) is 31.2 Å². The van der Waals surface area contributed by atoms with E-state index in [9.17, 15) is 4.79 Å². The first-order valence-corrected chi connectivity index (χ1v) is 6.64. The summed E-state index contributed by atoms with van der Waals surface area (Å²) in [5.41, 5.74) is 6.70. The van der Waals surface area contributed by atoms with E-state index in [1.165, 1.54) is 0 Å². The zero-order valence-corrected chi connectivity index (χ0v) is 10.9. The molecule has 18 heavy (non-hydrogen) atoms. The minimum Gasteiger partial charge on any atom is -0.352 e. The molecule has 3 N–H and O–H groups in total. The molecule has 0 bridgehead atoms. The van der Waals surface area contributed by atoms with E-state index in [-0.39, 0.29) is 11.8 Å². The second-order valence-corrected chi connectivity index (χ2v) is 5.19. The Hall–Kier alpha value is -1.36. The maximum absolute atomic E-state index is 12.0. The lowest BCUT2D eigenvalue weighted by Gasteiger charge is -2.26. The number of hydrogen-bond donors (Lipinski definition) is 2. The largest absolute Gasteiger partial charge is 0.352 e. The van der Waals surface area contributed by atoms with Gasteiger partial charge in [-0.3, -0.25) is 9.48 Å². The third kappa shape index (κ3) is 3.32. The standard InChI is InChI=1S/C13H22N4O/c1-17-9-11(8-16-17)7-15-13(18)12-4-2-10(6-14)3-5-12/h8-10,12H,2-7,14H2,1H3,(H,15,18). The van der Waals surface area contributed by atoms with E-state index in [1.54, 1.807) is 10.9 Å². The number of carbonyl (C=O) groups is 1. The van der Waals surface area contributed by atoms with Crippen LogP contribution in [0.4, 0.5) is 0 Å². The number of aryl methyl sites for hydroxylation is 1. The molecule has 100 valence electrons. The van der Waals surface area contributed by atoms with Crippen LogP contribution in [0.15, 0.2) is 12.4 Å². The van der Waals surface area contributed by atoms with E-state index < -0.39 is 0 Å². The third-order valence-corrected chi connectivity index (χ3v) is 3.78. The molecule has 1 aliphatic carbocycles. The van der Waals surface area contributed by atoms with Crippen LogP contribution in [0.3, 0.4) is 0 Å². The Morgan fingerprint density at radius 3 is 2.78 bits per heavy atom. The maximum atomic E-state index is 12.0. The van der Waals surface area contributed by atoms with Gasteiger partial charge in [0, 0.05) is 31.3 Å². The first-order chi connectivity index (χ1) is 8.69. The molecule has 0 aliphatic heterocycles. The van der Waals surface area contributed by atoms with Crippen molar-refractivity contribution in [2.45, 2.75) is 32.2 Å². The van der Waals surface area contributed by atoms with Crippen LogP contribution in [0.2, 0.25) is 0 Å². The summed E-state index contributed by atoms with van der Waals surface area (Å²) < 4.78 is 1.74. The zero-order chi connectivity index (χ0) is 13.0. The Balaban J connectivity index is 1.75. The lowest BCUT2D eigenvalue weighted by Crippen LogP contribution is -2.33. The van der Waals surface area contributed by atoms with E-state index in [4.69, 9.17) is 5.73 Å².